The van der Waals surface area contributed by atoms with Crippen molar-refractivity contribution >= 4 is 34.1 Å². The Kier molecular flexibility index (Phi) is 11.7. The average Bonchev–Trinajstić information content (AvgIpc) is 3.18. The standard InChI is InChI=1S/C40H42FN7O5/c1-3-26-7-6-8-28(19-26)29-22-34(42)38(43-23-29)36(49)25-53-18-17-46(2)24-37(50)47-13-15-48(16-14-47)40(52)32-20-27(11-12-33(32)41)21-35-30-9-4-5-10-31(30)39(51)45-44-35/h4-12,19-20,22-23H,3,13-18,21,24-25,42H2,1-2H3,(H,45,51). The molecule has 2 amide bonds. The fourth-order valence-corrected chi connectivity index (χ4v) is 6.38. The lowest BCUT2D eigenvalue weighted by Crippen LogP contribution is -2.52. The molecule has 3 heterocycles. The van der Waals surface area contributed by atoms with E-state index < -0.39 is 11.7 Å². The first-order chi connectivity index (χ1) is 25.6. The number of carbonyl (C=O) groups excluding carboxylic acids is 3. The third-order valence-electron chi connectivity index (χ3n) is 9.43. The van der Waals surface area contributed by atoms with Gasteiger partial charge in [-0.25, -0.2) is 9.49 Å². The number of halogens is 1. The molecule has 274 valence electrons. The number of piperazine rings is 1. The van der Waals surface area contributed by atoms with Gasteiger partial charge in [-0.15, -0.1) is 0 Å². The minimum atomic E-state index is -0.631. The van der Waals surface area contributed by atoms with Gasteiger partial charge in [0.1, 0.15) is 18.1 Å². The van der Waals surface area contributed by atoms with Crippen LogP contribution in [0.3, 0.4) is 0 Å². The van der Waals surface area contributed by atoms with Crippen molar-refractivity contribution in [3.05, 3.63) is 123 Å². The smallest absolute Gasteiger partial charge is 0.272 e. The number of aryl methyl sites for hydroxylation is 1. The summed E-state index contributed by atoms with van der Waals surface area (Å²) >= 11 is 0. The quantitative estimate of drug-likeness (QED) is 0.136. The molecule has 0 radical (unpaired) electrons. The predicted molar refractivity (Wildman–Crippen MR) is 200 cm³/mol. The van der Waals surface area contributed by atoms with E-state index in [1.807, 2.05) is 18.2 Å². The van der Waals surface area contributed by atoms with Crippen LogP contribution in [0, 0.1) is 5.82 Å². The molecule has 0 bridgehead atoms. The number of nitrogens with two attached hydrogens (primary N) is 1. The summed E-state index contributed by atoms with van der Waals surface area (Å²) in [6.45, 7) is 3.81. The lowest BCUT2D eigenvalue weighted by atomic mass is 10.0. The Hall–Kier alpha value is -5.79. The molecule has 6 rings (SSSR count). The summed E-state index contributed by atoms with van der Waals surface area (Å²) in [5.74, 6) is -1.51. The molecule has 3 aromatic carbocycles. The zero-order valence-corrected chi connectivity index (χ0v) is 29.8. The number of nitrogens with one attached hydrogen (secondary N) is 1. The van der Waals surface area contributed by atoms with E-state index in [1.165, 1.54) is 17.7 Å². The van der Waals surface area contributed by atoms with Crippen LogP contribution in [0.5, 0.6) is 0 Å². The van der Waals surface area contributed by atoms with Crippen molar-refractivity contribution in [2.45, 2.75) is 19.8 Å². The van der Waals surface area contributed by atoms with Crippen LogP contribution >= 0.6 is 0 Å². The topological polar surface area (TPSA) is 155 Å². The predicted octanol–water partition coefficient (Wildman–Crippen LogP) is 3.98. The van der Waals surface area contributed by atoms with E-state index in [0.29, 0.717) is 48.1 Å². The Balaban J connectivity index is 0.943. The normalized spacial score (nSPS) is 13.1. The highest BCUT2D eigenvalue weighted by Gasteiger charge is 2.27. The minimum absolute atomic E-state index is 0.0533. The number of ketones is 1. The minimum Gasteiger partial charge on any atom is -0.397 e. The highest BCUT2D eigenvalue weighted by atomic mass is 19.1. The number of ether oxygens (including phenoxy) is 1. The molecular formula is C40H42FN7O5. The Morgan fingerprint density at radius 3 is 2.43 bits per heavy atom. The van der Waals surface area contributed by atoms with Crippen LogP contribution < -0.4 is 11.3 Å². The maximum absolute atomic E-state index is 14.9. The Morgan fingerprint density at radius 2 is 1.68 bits per heavy atom. The summed E-state index contributed by atoms with van der Waals surface area (Å²) in [6, 6.07) is 21.3. The molecular weight excluding hydrogens is 677 g/mol. The van der Waals surface area contributed by atoms with Gasteiger partial charge in [0.05, 0.1) is 35.5 Å². The first kappa shape index (κ1) is 37.0. The summed E-state index contributed by atoms with van der Waals surface area (Å²) in [4.78, 5) is 60.7. The van der Waals surface area contributed by atoms with Gasteiger partial charge in [0.25, 0.3) is 11.5 Å². The van der Waals surface area contributed by atoms with E-state index in [2.05, 4.69) is 34.2 Å². The maximum Gasteiger partial charge on any atom is 0.272 e. The number of pyridine rings is 1. The zero-order chi connectivity index (χ0) is 37.5. The van der Waals surface area contributed by atoms with E-state index in [9.17, 15) is 23.6 Å². The van der Waals surface area contributed by atoms with Crippen molar-refractivity contribution < 1.29 is 23.5 Å². The second-order valence-corrected chi connectivity index (χ2v) is 13.1. The fourth-order valence-electron chi connectivity index (χ4n) is 6.38. The number of amides is 2. The summed E-state index contributed by atoms with van der Waals surface area (Å²) in [5.41, 5.74) is 10.6. The van der Waals surface area contributed by atoms with Gasteiger partial charge < -0.3 is 20.3 Å². The lowest BCUT2D eigenvalue weighted by molar-refractivity contribution is -0.133. The molecule has 13 heteroatoms. The van der Waals surface area contributed by atoms with Gasteiger partial charge in [0.15, 0.2) is 0 Å². The first-order valence-electron chi connectivity index (χ1n) is 17.6. The molecule has 0 spiro atoms. The van der Waals surface area contributed by atoms with E-state index in [1.54, 1.807) is 58.3 Å². The molecule has 0 aliphatic carbocycles. The van der Waals surface area contributed by atoms with Gasteiger partial charge in [-0.3, -0.25) is 29.1 Å². The first-order valence-corrected chi connectivity index (χ1v) is 17.6. The van der Waals surface area contributed by atoms with Gasteiger partial charge in [-0.05, 0) is 54.4 Å². The molecule has 53 heavy (non-hydrogen) atoms. The largest absolute Gasteiger partial charge is 0.397 e. The van der Waals surface area contributed by atoms with Crippen LogP contribution in [-0.2, 0) is 22.4 Å². The average molecular weight is 720 g/mol. The third kappa shape index (κ3) is 8.82. The molecule has 1 saturated heterocycles. The van der Waals surface area contributed by atoms with Gasteiger partial charge in [0, 0.05) is 56.3 Å². The Bertz CT molecular complexity index is 2200. The number of aromatic nitrogens is 3. The number of hydrogen-bond donors (Lipinski definition) is 2. The molecule has 3 N–H and O–H groups in total. The van der Waals surface area contributed by atoms with Crippen LogP contribution in [0.4, 0.5) is 10.1 Å². The molecule has 1 aliphatic rings. The zero-order valence-electron chi connectivity index (χ0n) is 29.8. The van der Waals surface area contributed by atoms with E-state index in [4.69, 9.17) is 10.5 Å². The molecule has 1 aliphatic heterocycles. The van der Waals surface area contributed by atoms with Crippen molar-refractivity contribution in [1.82, 2.24) is 29.9 Å². The van der Waals surface area contributed by atoms with Crippen LogP contribution in [0.25, 0.3) is 21.9 Å². The van der Waals surface area contributed by atoms with Gasteiger partial charge in [0.2, 0.25) is 11.7 Å². The van der Waals surface area contributed by atoms with Crippen molar-refractivity contribution in [3.8, 4) is 11.1 Å². The number of benzene rings is 3. The number of nitrogens with zero attached hydrogens (tertiary/aromatic N) is 5. The van der Waals surface area contributed by atoms with Crippen molar-refractivity contribution in [2.24, 2.45) is 0 Å². The van der Waals surface area contributed by atoms with Crippen LogP contribution in [0.1, 0.15) is 44.6 Å². The number of nitrogen functional groups attached to an aromatic ring is 1. The Labute approximate surface area is 306 Å². The SMILES string of the molecule is CCc1cccc(-c2cnc(C(=O)COCCN(C)CC(=O)N3CCN(C(=O)c4cc(Cc5n[nH]c(=O)c6ccccc56)ccc4F)CC3)c(N)c2)c1. The number of aromatic amines is 1. The van der Waals surface area contributed by atoms with Crippen molar-refractivity contribution in [3.63, 3.8) is 0 Å². The molecule has 0 unspecified atom stereocenters. The summed E-state index contributed by atoms with van der Waals surface area (Å²) in [7, 11) is 1.79. The number of anilines is 1. The van der Waals surface area contributed by atoms with E-state index in [-0.39, 0.29) is 67.0 Å². The maximum atomic E-state index is 14.9. The highest BCUT2D eigenvalue weighted by Crippen LogP contribution is 2.24. The number of likely N-dealkylation sites (N-methyl/N-ethyl adjacent to an activating group) is 1. The third-order valence-corrected chi connectivity index (χ3v) is 9.43. The molecule has 2 aromatic heterocycles. The van der Waals surface area contributed by atoms with Crippen molar-refractivity contribution in [1.29, 1.82) is 0 Å². The summed E-state index contributed by atoms with van der Waals surface area (Å²) < 4.78 is 20.5. The number of carbonyl (C=O) groups is 3. The summed E-state index contributed by atoms with van der Waals surface area (Å²) in [6.07, 6.45) is 2.85. The monoisotopic (exact) mass is 719 g/mol. The van der Waals surface area contributed by atoms with Crippen LogP contribution in [0.15, 0.2) is 83.8 Å². The molecule has 0 saturated carbocycles. The second kappa shape index (κ2) is 16.7. The van der Waals surface area contributed by atoms with Gasteiger partial charge in [-0.1, -0.05) is 55.5 Å². The fraction of sp³-hybridized carbons (Fsp3) is 0.300. The van der Waals surface area contributed by atoms with Gasteiger partial charge in [-0.2, -0.15) is 5.10 Å². The summed E-state index contributed by atoms with van der Waals surface area (Å²) in [5, 5.41) is 7.90. The van der Waals surface area contributed by atoms with E-state index in [0.717, 1.165) is 17.5 Å². The Morgan fingerprint density at radius 1 is 0.925 bits per heavy atom. The lowest BCUT2D eigenvalue weighted by Gasteiger charge is -2.35. The van der Waals surface area contributed by atoms with Crippen LogP contribution in [0.2, 0.25) is 0 Å². The van der Waals surface area contributed by atoms with Crippen LogP contribution in [-0.4, -0.2) is 107 Å². The number of H-pyrrole nitrogens is 1. The van der Waals surface area contributed by atoms with Gasteiger partial charge >= 0.3 is 0 Å². The van der Waals surface area contributed by atoms with Crippen molar-refractivity contribution in [2.75, 3.05) is 65.3 Å². The molecule has 0 atom stereocenters. The number of rotatable bonds is 13. The molecule has 1 fully saturated rings. The van der Waals surface area contributed by atoms with E-state index >= 15 is 0 Å². The number of fused-ring (bicyclic) bond motifs is 1. The second-order valence-electron chi connectivity index (χ2n) is 13.1. The molecule has 5 aromatic rings. The highest BCUT2D eigenvalue weighted by molar-refractivity contribution is 6.00. The number of hydrogen-bond acceptors (Lipinski definition) is 9. The molecule has 12 nitrogen and oxygen atoms in total. The number of Topliss-reactive ketones (excluding diaryl/α,β-unsaturated/α-hetero) is 1.